The maximum atomic E-state index is 11.0. The largest absolute Gasteiger partial charge is 0.311 e. The summed E-state index contributed by atoms with van der Waals surface area (Å²) in [6.45, 7) is 3.85. The van der Waals surface area contributed by atoms with Gasteiger partial charge in [0.15, 0.2) is 11.6 Å². The van der Waals surface area contributed by atoms with Gasteiger partial charge in [-0.1, -0.05) is 0 Å². The summed E-state index contributed by atoms with van der Waals surface area (Å²) in [5.74, 6) is -0.455. The molecular weight excluding hydrogens is 142 g/mol. The molecule has 3 nitrogen and oxygen atoms in total. The van der Waals surface area contributed by atoms with E-state index in [1.165, 1.54) is 0 Å². The predicted octanol–water partition coefficient (Wildman–Crippen LogP) is 0.285. The average Bonchev–Trinajstić information content (AvgIpc) is 1.93. The molecule has 62 valence electrons. The Morgan fingerprint density at radius 3 is 1.82 bits per heavy atom. The normalized spacial score (nSPS) is 33.6. The molecule has 0 spiro atoms. The van der Waals surface area contributed by atoms with Crippen LogP contribution in [0.4, 0.5) is 0 Å². The third-order valence-electron chi connectivity index (χ3n) is 1.86. The molecule has 1 heterocycles. The van der Waals surface area contributed by atoms with Gasteiger partial charge in [0.1, 0.15) is 0 Å². The Hall–Kier alpha value is -0.700. The molecule has 2 atom stereocenters. The van der Waals surface area contributed by atoms with Gasteiger partial charge < -0.3 is 5.32 Å². The number of rotatable bonds is 0. The lowest BCUT2D eigenvalue weighted by atomic mass is 10.1. The molecule has 1 fully saturated rings. The van der Waals surface area contributed by atoms with E-state index >= 15 is 0 Å². The molecule has 1 aliphatic heterocycles. The monoisotopic (exact) mass is 155 g/mol. The summed E-state index contributed by atoms with van der Waals surface area (Å²) in [7, 11) is 0. The van der Waals surface area contributed by atoms with Gasteiger partial charge in [0.05, 0.1) is 0 Å². The van der Waals surface area contributed by atoms with Gasteiger partial charge in [-0.25, -0.2) is 0 Å². The Bertz CT molecular complexity index is 169. The van der Waals surface area contributed by atoms with Crippen molar-refractivity contribution in [1.29, 1.82) is 0 Å². The molecule has 0 aliphatic carbocycles. The molecule has 0 amide bonds. The third-order valence-corrected chi connectivity index (χ3v) is 1.86. The van der Waals surface area contributed by atoms with E-state index in [0.29, 0.717) is 12.8 Å². The first-order valence-corrected chi connectivity index (χ1v) is 3.91. The Labute approximate surface area is 66.2 Å². The fourth-order valence-electron chi connectivity index (χ4n) is 1.39. The highest BCUT2D eigenvalue weighted by Crippen LogP contribution is 2.06. The summed E-state index contributed by atoms with van der Waals surface area (Å²) in [6, 6.07) is 0.285. The first-order chi connectivity index (χ1) is 5.09. The fourth-order valence-corrected chi connectivity index (χ4v) is 1.39. The summed E-state index contributed by atoms with van der Waals surface area (Å²) in [5.41, 5.74) is 0. The number of ketones is 2. The van der Waals surface area contributed by atoms with Crippen LogP contribution in [-0.4, -0.2) is 23.7 Å². The van der Waals surface area contributed by atoms with Crippen molar-refractivity contribution in [2.75, 3.05) is 0 Å². The maximum absolute atomic E-state index is 11.0. The molecule has 1 aliphatic rings. The summed E-state index contributed by atoms with van der Waals surface area (Å²) in [6.07, 6.45) is 0.701. The number of hydrogen-bond acceptors (Lipinski definition) is 3. The van der Waals surface area contributed by atoms with Crippen LogP contribution in [0.2, 0.25) is 0 Å². The van der Waals surface area contributed by atoms with Crippen LogP contribution in [0.1, 0.15) is 26.7 Å². The van der Waals surface area contributed by atoms with Gasteiger partial charge in [-0.05, 0) is 13.8 Å². The summed E-state index contributed by atoms with van der Waals surface area (Å²) in [4.78, 5) is 22.0. The quantitative estimate of drug-likeness (QED) is 0.511. The van der Waals surface area contributed by atoms with Crippen molar-refractivity contribution in [2.24, 2.45) is 0 Å². The van der Waals surface area contributed by atoms with E-state index in [-0.39, 0.29) is 23.7 Å². The summed E-state index contributed by atoms with van der Waals surface area (Å²) in [5, 5.41) is 3.16. The van der Waals surface area contributed by atoms with Crippen molar-refractivity contribution < 1.29 is 9.59 Å². The first-order valence-electron chi connectivity index (χ1n) is 3.91. The number of carbonyl (C=O) groups is 2. The first kappa shape index (κ1) is 8.40. The van der Waals surface area contributed by atoms with E-state index in [9.17, 15) is 9.59 Å². The molecule has 0 radical (unpaired) electrons. The molecule has 0 aromatic rings. The number of nitrogens with one attached hydrogen (secondary N) is 1. The predicted molar refractivity (Wildman–Crippen MR) is 41.3 cm³/mol. The molecular formula is C8H13NO2. The highest BCUT2D eigenvalue weighted by Gasteiger charge is 2.24. The highest BCUT2D eigenvalue weighted by atomic mass is 16.2. The maximum Gasteiger partial charge on any atom is 0.199 e. The van der Waals surface area contributed by atoms with Crippen molar-refractivity contribution in [2.45, 2.75) is 38.8 Å². The molecule has 1 rings (SSSR count). The average molecular weight is 155 g/mol. The van der Waals surface area contributed by atoms with Crippen LogP contribution in [0.5, 0.6) is 0 Å². The van der Waals surface area contributed by atoms with Crippen molar-refractivity contribution in [1.82, 2.24) is 5.32 Å². The van der Waals surface area contributed by atoms with E-state index in [1.807, 2.05) is 13.8 Å². The van der Waals surface area contributed by atoms with Crippen LogP contribution >= 0.6 is 0 Å². The third kappa shape index (κ3) is 2.12. The molecule has 0 saturated carbocycles. The standard InChI is InChI=1S/C8H13NO2/c1-5-3-7(10)8(11)4-6(2)9-5/h5-6,9H,3-4H2,1-2H3. The second kappa shape index (κ2) is 3.13. The van der Waals surface area contributed by atoms with Crippen LogP contribution in [0.25, 0.3) is 0 Å². The Morgan fingerprint density at radius 1 is 1.09 bits per heavy atom. The van der Waals surface area contributed by atoms with Crippen molar-refractivity contribution >= 4 is 11.6 Å². The zero-order valence-electron chi connectivity index (χ0n) is 6.89. The minimum absolute atomic E-state index is 0.143. The number of Topliss-reactive ketones (excluding diaryl/α,β-unsaturated/α-hetero) is 2. The number of carbonyl (C=O) groups excluding carboxylic acids is 2. The molecule has 0 aromatic carbocycles. The minimum Gasteiger partial charge on any atom is -0.311 e. The van der Waals surface area contributed by atoms with E-state index in [1.54, 1.807) is 0 Å². The smallest absolute Gasteiger partial charge is 0.199 e. The lowest BCUT2D eigenvalue weighted by molar-refractivity contribution is -0.136. The van der Waals surface area contributed by atoms with Gasteiger partial charge in [-0.3, -0.25) is 9.59 Å². The van der Waals surface area contributed by atoms with E-state index < -0.39 is 0 Å². The van der Waals surface area contributed by atoms with Crippen LogP contribution < -0.4 is 5.32 Å². The summed E-state index contributed by atoms with van der Waals surface area (Å²) < 4.78 is 0. The molecule has 0 aromatic heterocycles. The molecule has 2 unspecified atom stereocenters. The lowest BCUT2D eigenvalue weighted by Gasteiger charge is -2.12. The molecule has 11 heavy (non-hydrogen) atoms. The number of hydrogen-bond donors (Lipinski definition) is 1. The van der Waals surface area contributed by atoms with Crippen LogP contribution in [0.15, 0.2) is 0 Å². The van der Waals surface area contributed by atoms with Crippen LogP contribution in [0, 0.1) is 0 Å². The minimum atomic E-state index is -0.227. The Balaban J connectivity index is 2.66. The van der Waals surface area contributed by atoms with E-state index in [4.69, 9.17) is 0 Å². The molecule has 1 saturated heterocycles. The molecule has 3 heteroatoms. The zero-order valence-corrected chi connectivity index (χ0v) is 6.89. The van der Waals surface area contributed by atoms with Gasteiger partial charge in [0.25, 0.3) is 0 Å². The second-order valence-electron chi connectivity index (χ2n) is 3.22. The van der Waals surface area contributed by atoms with E-state index in [2.05, 4.69) is 5.32 Å². The van der Waals surface area contributed by atoms with Gasteiger partial charge in [-0.15, -0.1) is 0 Å². The summed E-state index contributed by atoms with van der Waals surface area (Å²) >= 11 is 0. The fraction of sp³-hybridized carbons (Fsp3) is 0.750. The van der Waals surface area contributed by atoms with Gasteiger partial charge in [-0.2, -0.15) is 0 Å². The van der Waals surface area contributed by atoms with Crippen LogP contribution in [0.3, 0.4) is 0 Å². The van der Waals surface area contributed by atoms with Crippen molar-refractivity contribution in [3.8, 4) is 0 Å². The SMILES string of the molecule is CC1CC(=O)C(=O)CC(C)N1. The Morgan fingerprint density at radius 2 is 1.45 bits per heavy atom. The topological polar surface area (TPSA) is 46.2 Å². The highest BCUT2D eigenvalue weighted by molar-refractivity contribution is 6.37. The lowest BCUT2D eigenvalue weighted by Crippen LogP contribution is -2.32. The Kier molecular flexibility index (Phi) is 2.39. The van der Waals surface area contributed by atoms with Crippen molar-refractivity contribution in [3.63, 3.8) is 0 Å². The van der Waals surface area contributed by atoms with Gasteiger partial charge >= 0.3 is 0 Å². The zero-order chi connectivity index (χ0) is 8.43. The van der Waals surface area contributed by atoms with Crippen LogP contribution in [-0.2, 0) is 9.59 Å². The van der Waals surface area contributed by atoms with Gasteiger partial charge in [0, 0.05) is 24.9 Å². The van der Waals surface area contributed by atoms with Gasteiger partial charge in [0.2, 0.25) is 0 Å². The van der Waals surface area contributed by atoms with Crippen molar-refractivity contribution in [3.05, 3.63) is 0 Å². The second-order valence-corrected chi connectivity index (χ2v) is 3.22. The van der Waals surface area contributed by atoms with E-state index in [0.717, 1.165) is 0 Å². The molecule has 1 N–H and O–H groups in total. The molecule has 0 bridgehead atoms.